The standard InChI is InChI=1S/C23H30N2O2/c1-25(2)19(16-17-10-13-20(26)14-11-17)12-15-23(27)24-22-9-5-7-18-6-3-4-8-21(18)22/h3-4,6,8,10-11,13-14,19,22,26H,5,7,9,12,15-16H2,1-2H3,(H,24,27)/t19-,22+/m1/s1. The highest BCUT2D eigenvalue weighted by Gasteiger charge is 2.22. The minimum absolute atomic E-state index is 0.134. The minimum atomic E-state index is 0.134. The van der Waals surface area contributed by atoms with E-state index in [0.717, 1.165) is 32.1 Å². The summed E-state index contributed by atoms with van der Waals surface area (Å²) in [4.78, 5) is 14.8. The molecule has 0 fully saturated rings. The molecule has 0 unspecified atom stereocenters. The molecule has 3 rings (SSSR count). The van der Waals surface area contributed by atoms with E-state index in [2.05, 4.69) is 48.6 Å². The maximum Gasteiger partial charge on any atom is 0.220 e. The molecule has 0 saturated heterocycles. The molecular weight excluding hydrogens is 336 g/mol. The van der Waals surface area contributed by atoms with Crippen LogP contribution in [0, 0.1) is 0 Å². The first kappa shape index (κ1) is 19.4. The summed E-state index contributed by atoms with van der Waals surface area (Å²) >= 11 is 0. The summed E-state index contributed by atoms with van der Waals surface area (Å²) in [5.41, 5.74) is 3.83. The van der Waals surface area contributed by atoms with E-state index < -0.39 is 0 Å². The molecule has 1 amide bonds. The van der Waals surface area contributed by atoms with Crippen LogP contribution in [0.25, 0.3) is 0 Å². The highest BCUT2D eigenvalue weighted by molar-refractivity contribution is 5.76. The van der Waals surface area contributed by atoms with E-state index in [1.807, 2.05) is 12.1 Å². The molecule has 4 nitrogen and oxygen atoms in total. The first-order chi connectivity index (χ1) is 13.0. The Labute approximate surface area is 162 Å². The molecule has 2 aromatic carbocycles. The number of benzene rings is 2. The fraction of sp³-hybridized carbons (Fsp3) is 0.435. The van der Waals surface area contributed by atoms with Gasteiger partial charge in [0.15, 0.2) is 0 Å². The number of nitrogens with zero attached hydrogens (tertiary/aromatic N) is 1. The summed E-state index contributed by atoms with van der Waals surface area (Å²) in [5.74, 6) is 0.418. The molecule has 1 aliphatic rings. The van der Waals surface area contributed by atoms with E-state index in [0.29, 0.717) is 12.5 Å². The maximum atomic E-state index is 12.6. The maximum absolute atomic E-state index is 12.6. The van der Waals surface area contributed by atoms with Gasteiger partial charge in [0, 0.05) is 12.5 Å². The first-order valence-corrected chi connectivity index (χ1v) is 9.84. The van der Waals surface area contributed by atoms with Crippen molar-refractivity contribution in [3.05, 3.63) is 65.2 Å². The molecule has 2 atom stereocenters. The number of hydrogen-bond donors (Lipinski definition) is 2. The van der Waals surface area contributed by atoms with Gasteiger partial charge in [0.25, 0.3) is 0 Å². The number of aromatic hydroxyl groups is 1. The smallest absolute Gasteiger partial charge is 0.220 e. The number of carbonyl (C=O) groups is 1. The number of likely N-dealkylation sites (N-methyl/N-ethyl adjacent to an activating group) is 1. The molecular formula is C23H30N2O2. The average molecular weight is 367 g/mol. The zero-order valence-corrected chi connectivity index (χ0v) is 16.3. The third-order valence-corrected chi connectivity index (χ3v) is 5.55. The summed E-state index contributed by atoms with van der Waals surface area (Å²) in [6.45, 7) is 0. The highest BCUT2D eigenvalue weighted by atomic mass is 16.3. The molecule has 0 aromatic heterocycles. The van der Waals surface area contributed by atoms with E-state index in [1.165, 1.54) is 16.7 Å². The van der Waals surface area contributed by atoms with Gasteiger partial charge in [-0.3, -0.25) is 4.79 Å². The van der Waals surface area contributed by atoms with Gasteiger partial charge in [-0.2, -0.15) is 0 Å². The lowest BCUT2D eigenvalue weighted by molar-refractivity contribution is -0.122. The Bertz CT molecular complexity index is 755. The van der Waals surface area contributed by atoms with E-state index in [4.69, 9.17) is 0 Å². The Hall–Kier alpha value is -2.33. The van der Waals surface area contributed by atoms with Gasteiger partial charge >= 0.3 is 0 Å². The van der Waals surface area contributed by atoms with Crippen LogP contribution in [0.2, 0.25) is 0 Å². The van der Waals surface area contributed by atoms with Crippen molar-refractivity contribution in [1.29, 1.82) is 0 Å². The van der Waals surface area contributed by atoms with Crippen LogP contribution < -0.4 is 5.32 Å². The molecule has 2 N–H and O–H groups in total. The SMILES string of the molecule is CN(C)[C@H](CCC(=O)N[C@H]1CCCc2ccccc21)Cc1ccc(O)cc1. The predicted octanol–water partition coefficient (Wildman–Crippen LogP) is 3.84. The van der Waals surface area contributed by atoms with Crippen LogP contribution in [-0.4, -0.2) is 36.1 Å². The largest absolute Gasteiger partial charge is 0.508 e. The van der Waals surface area contributed by atoms with Crippen LogP contribution in [0.3, 0.4) is 0 Å². The highest BCUT2D eigenvalue weighted by Crippen LogP contribution is 2.29. The predicted molar refractivity (Wildman–Crippen MR) is 109 cm³/mol. The number of phenols is 1. The van der Waals surface area contributed by atoms with Crippen LogP contribution >= 0.6 is 0 Å². The van der Waals surface area contributed by atoms with Gasteiger partial charge in [-0.05, 0) is 75.0 Å². The third kappa shape index (κ3) is 5.33. The fourth-order valence-corrected chi connectivity index (χ4v) is 3.92. The zero-order valence-electron chi connectivity index (χ0n) is 16.3. The third-order valence-electron chi connectivity index (χ3n) is 5.55. The lowest BCUT2D eigenvalue weighted by atomic mass is 9.87. The molecule has 2 aromatic rings. The van der Waals surface area contributed by atoms with Crippen molar-refractivity contribution < 1.29 is 9.90 Å². The van der Waals surface area contributed by atoms with Crippen molar-refractivity contribution >= 4 is 5.91 Å². The van der Waals surface area contributed by atoms with Crippen molar-refractivity contribution in [3.63, 3.8) is 0 Å². The zero-order chi connectivity index (χ0) is 19.2. The molecule has 0 spiro atoms. The molecule has 27 heavy (non-hydrogen) atoms. The van der Waals surface area contributed by atoms with Crippen molar-refractivity contribution in [2.24, 2.45) is 0 Å². The van der Waals surface area contributed by atoms with Gasteiger partial charge in [-0.15, -0.1) is 0 Å². The molecule has 0 heterocycles. The van der Waals surface area contributed by atoms with Crippen molar-refractivity contribution in [1.82, 2.24) is 10.2 Å². The topological polar surface area (TPSA) is 52.6 Å². The number of nitrogens with one attached hydrogen (secondary N) is 1. The fourth-order valence-electron chi connectivity index (χ4n) is 3.92. The lowest BCUT2D eigenvalue weighted by Crippen LogP contribution is -2.34. The number of carbonyl (C=O) groups excluding carboxylic acids is 1. The molecule has 0 saturated carbocycles. The molecule has 1 aliphatic carbocycles. The summed E-state index contributed by atoms with van der Waals surface area (Å²) < 4.78 is 0. The molecule has 144 valence electrons. The van der Waals surface area contributed by atoms with Crippen LogP contribution in [0.4, 0.5) is 0 Å². The number of phenolic OH excluding ortho intramolecular Hbond substituents is 1. The molecule has 4 heteroatoms. The Kier molecular flexibility index (Phi) is 6.51. The number of rotatable bonds is 7. The van der Waals surface area contributed by atoms with Crippen molar-refractivity contribution in [3.8, 4) is 5.75 Å². The second kappa shape index (κ2) is 9.05. The number of hydrogen-bond acceptors (Lipinski definition) is 3. The van der Waals surface area contributed by atoms with Gasteiger partial charge in [-0.25, -0.2) is 0 Å². The van der Waals surface area contributed by atoms with E-state index in [-0.39, 0.29) is 17.7 Å². The second-order valence-corrected chi connectivity index (χ2v) is 7.74. The van der Waals surface area contributed by atoms with Crippen molar-refractivity contribution in [2.45, 2.75) is 50.6 Å². The minimum Gasteiger partial charge on any atom is -0.508 e. The van der Waals surface area contributed by atoms with Gasteiger partial charge in [0.05, 0.1) is 6.04 Å². The summed E-state index contributed by atoms with van der Waals surface area (Å²) in [6.07, 6.45) is 5.47. The van der Waals surface area contributed by atoms with Gasteiger partial charge < -0.3 is 15.3 Å². The van der Waals surface area contributed by atoms with E-state index >= 15 is 0 Å². The molecule has 0 radical (unpaired) electrons. The van der Waals surface area contributed by atoms with Crippen LogP contribution in [0.15, 0.2) is 48.5 Å². The van der Waals surface area contributed by atoms with E-state index in [9.17, 15) is 9.90 Å². The lowest BCUT2D eigenvalue weighted by Gasteiger charge is -2.27. The van der Waals surface area contributed by atoms with Gasteiger partial charge in [0.2, 0.25) is 5.91 Å². The number of fused-ring (bicyclic) bond motifs is 1. The normalized spacial score (nSPS) is 17.4. The molecule has 0 bridgehead atoms. The Balaban J connectivity index is 1.55. The monoisotopic (exact) mass is 366 g/mol. The van der Waals surface area contributed by atoms with Crippen LogP contribution in [0.1, 0.15) is 48.4 Å². The second-order valence-electron chi connectivity index (χ2n) is 7.74. The van der Waals surface area contributed by atoms with Gasteiger partial charge in [0.1, 0.15) is 5.75 Å². The number of amides is 1. The summed E-state index contributed by atoms with van der Waals surface area (Å²) in [6, 6.07) is 16.2. The quantitative estimate of drug-likeness (QED) is 0.783. The molecule has 0 aliphatic heterocycles. The summed E-state index contributed by atoms with van der Waals surface area (Å²) in [7, 11) is 4.11. The Morgan fingerprint density at radius 1 is 1.19 bits per heavy atom. The Morgan fingerprint density at radius 2 is 1.93 bits per heavy atom. The average Bonchev–Trinajstić information content (AvgIpc) is 2.66. The first-order valence-electron chi connectivity index (χ1n) is 9.84. The van der Waals surface area contributed by atoms with Crippen LogP contribution in [0.5, 0.6) is 5.75 Å². The van der Waals surface area contributed by atoms with E-state index in [1.54, 1.807) is 12.1 Å². The van der Waals surface area contributed by atoms with Crippen molar-refractivity contribution in [2.75, 3.05) is 14.1 Å². The Morgan fingerprint density at radius 3 is 2.67 bits per heavy atom. The number of aryl methyl sites for hydroxylation is 1. The van der Waals surface area contributed by atoms with Crippen LogP contribution in [-0.2, 0) is 17.6 Å². The summed E-state index contributed by atoms with van der Waals surface area (Å²) in [5, 5.41) is 12.7. The van der Waals surface area contributed by atoms with Gasteiger partial charge in [-0.1, -0.05) is 36.4 Å².